The molecule has 3 rings (SSSR count). The van der Waals surface area contributed by atoms with Gasteiger partial charge in [-0.2, -0.15) is 0 Å². The smallest absolute Gasteiger partial charge is 0.308 e. The van der Waals surface area contributed by atoms with Crippen molar-refractivity contribution in [1.29, 1.82) is 0 Å². The van der Waals surface area contributed by atoms with E-state index < -0.39 is 28.8 Å². The number of carbonyl (C=O) groups is 2. The molecule has 1 heterocycles. The van der Waals surface area contributed by atoms with Gasteiger partial charge in [-0.05, 0) is 43.2 Å². The highest BCUT2D eigenvalue weighted by Crippen LogP contribution is 2.34. The lowest BCUT2D eigenvalue weighted by Crippen LogP contribution is -2.40. The molecule has 1 saturated carbocycles. The Morgan fingerprint density at radius 1 is 1.21 bits per heavy atom. The lowest BCUT2D eigenvalue weighted by atomic mass is 9.91. The molecule has 1 aliphatic carbocycles. The number of carbonyl (C=O) groups excluding carboxylic acids is 1. The Morgan fingerprint density at radius 3 is 2.50 bits per heavy atom. The van der Waals surface area contributed by atoms with Crippen LogP contribution in [0, 0.1) is 27.9 Å². The highest BCUT2D eigenvalue weighted by Gasteiger charge is 2.34. The number of piperidine rings is 1. The summed E-state index contributed by atoms with van der Waals surface area (Å²) < 4.78 is 0. The first-order valence-corrected chi connectivity index (χ1v) is 9.83. The molecule has 28 heavy (non-hydrogen) atoms. The number of carboxylic acids is 1. The highest BCUT2D eigenvalue weighted by atomic mass is 16.6. The van der Waals surface area contributed by atoms with Crippen LogP contribution < -0.4 is 10.2 Å². The van der Waals surface area contributed by atoms with E-state index in [0.717, 1.165) is 25.9 Å². The summed E-state index contributed by atoms with van der Waals surface area (Å²) in [7, 11) is 0. The first-order chi connectivity index (χ1) is 13.3. The van der Waals surface area contributed by atoms with Gasteiger partial charge in [-0.3, -0.25) is 19.7 Å². The fourth-order valence-electron chi connectivity index (χ4n) is 4.62. The van der Waals surface area contributed by atoms with Gasteiger partial charge in [-0.25, -0.2) is 0 Å². The third-order valence-corrected chi connectivity index (χ3v) is 5.79. The average molecular weight is 389 g/mol. The Kier molecular flexibility index (Phi) is 5.86. The summed E-state index contributed by atoms with van der Waals surface area (Å²) in [5.74, 6) is -1.09. The minimum atomic E-state index is -0.919. The van der Waals surface area contributed by atoms with Crippen LogP contribution >= 0.6 is 0 Å². The molecule has 1 aliphatic heterocycles. The van der Waals surface area contributed by atoms with Crippen LogP contribution in [0.25, 0.3) is 0 Å². The standard InChI is InChI=1S/C20H27N3O5/c1-12-8-13(2)11-22(10-12)17-7-6-14(9-18(17)23(27)28)19(24)21-16-5-3-4-15(16)20(25)26/h6-7,9,12-13,15-16H,3-5,8,10-11H2,1-2H3,(H,21,24)(H,25,26)/t12?,13?,15-,16+/m0/s1. The molecule has 2 fully saturated rings. The molecule has 0 bridgehead atoms. The minimum Gasteiger partial charge on any atom is -0.481 e. The van der Waals surface area contributed by atoms with Crippen LogP contribution in [-0.4, -0.2) is 41.0 Å². The summed E-state index contributed by atoms with van der Waals surface area (Å²) >= 11 is 0. The Morgan fingerprint density at radius 2 is 1.89 bits per heavy atom. The van der Waals surface area contributed by atoms with Crippen molar-refractivity contribution in [2.75, 3.05) is 18.0 Å². The van der Waals surface area contributed by atoms with Crippen molar-refractivity contribution in [1.82, 2.24) is 5.32 Å². The number of rotatable bonds is 5. The summed E-state index contributed by atoms with van der Waals surface area (Å²) in [6.45, 7) is 5.77. The maximum atomic E-state index is 12.6. The number of nitrogens with zero attached hydrogens (tertiary/aromatic N) is 2. The fraction of sp³-hybridized carbons (Fsp3) is 0.600. The monoisotopic (exact) mass is 389 g/mol. The van der Waals surface area contributed by atoms with E-state index in [0.29, 0.717) is 30.4 Å². The molecule has 0 spiro atoms. The van der Waals surface area contributed by atoms with Gasteiger partial charge < -0.3 is 15.3 Å². The molecule has 2 unspecified atom stereocenters. The zero-order valence-corrected chi connectivity index (χ0v) is 16.3. The van der Waals surface area contributed by atoms with Gasteiger partial charge in [0.25, 0.3) is 11.6 Å². The van der Waals surface area contributed by atoms with Crippen LogP contribution in [0.2, 0.25) is 0 Å². The Balaban J connectivity index is 1.81. The minimum absolute atomic E-state index is 0.0878. The first-order valence-electron chi connectivity index (χ1n) is 9.83. The molecule has 0 aromatic heterocycles. The third-order valence-electron chi connectivity index (χ3n) is 5.79. The Bertz CT molecular complexity index is 771. The second kappa shape index (κ2) is 8.16. The number of nitro groups is 1. The molecule has 2 aliphatic rings. The molecule has 0 radical (unpaired) electrons. The lowest BCUT2D eigenvalue weighted by molar-refractivity contribution is -0.384. The second-order valence-corrected chi connectivity index (χ2v) is 8.27. The van der Waals surface area contributed by atoms with Crippen molar-refractivity contribution in [3.63, 3.8) is 0 Å². The Hall–Kier alpha value is -2.64. The summed E-state index contributed by atoms with van der Waals surface area (Å²) in [5.41, 5.74) is 0.629. The van der Waals surface area contributed by atoms with Crippen LogP contribution in [0.15, 0.2) is 18.2 Å². The number of hydrogen-bond donors (Lipinski definition) is 2. The maximum absolute atomic E-state index is 12.6. The van der Waals surface area contributed by atoms with Crippen LogP contribution in [0.3, 0.4) is 0 Å². The SMILES string of the molecule is CC1CC(C)CN(c2ccc(C(=O)N[C@@H]3CCC[C@@H]3C(=O)O)cc2[N+](=O)[O-])C1. The van der Waals surface area contributed by atoms with Gasteiger partial charge in [0, 0.05) is 30.8 Å². The molecule has 1 aromatic carbocycles. The predicted molar refractivity (Wildman–Crippen MR) is 104 cm³/mol. The van der Waals surface area contributed by atoms with Gasteiger partial charge >= 0.3 is 5.97 Å². The molecule has 1 saturated heterocycles. The number of anilines is 1. The molecule has 152 valence electrons. The number of benzene rings is 1. The van der Waals surface area contributed by atoms with E-state index in [4.69, 9.17) is 0 Å². The van der Waals surface area contributed by atoms with Crippen LogP contribution in [0.1, 0.15) is 49.9 Å². The summed E-state index contributed by atoms with van der Waals surface area (Å²) in [6.07, 6.45) is 2.97. The predicted octanol–water partition coefficient (Wildman–Crippen LogP) is 3.06. The van der Waals surface area contributed by atoms with Crippen molar-refractivity contribution < 1.29 is 19.6 Å². The number of hydrogen-bond acceptors (Lipinski definition) is 5. The molecule has 8 nitrogen and oxygen atoms in total. The van der Waals surface area contributed by atoms with Crippen molar-refractivity contribution in [3.05, 3.63) is 33.9 Å². The van der Waals surface area contributed by atoms with Gasteiger partial charge in [-0.15, -0.1) is 0 Å². The maximum Gasteiger partial charge on any atom is 0.308 e. The van der Waals surface area contributed by atoms with Crippen LogP contribution in [0.4, 0.5) is 11.4 Å². The third kappa shape index (κ3) is 4.26. The molecular weight excluding hydrogens is 362 g/mol. The van der Waals surface area contributed by atoms with E-state index in [1.807, 2.05) is 4.90 Å². The van der Waals surface area contributed by atoms with Gasteiger partial charge in [-0.1, -0.05) is 20.3 Å². The van der Waals surface area contributed by atoms with Gasteiger partial charge in [0.15, 0.2) is 0 Å². The molecular formula is C20H27N3O5. The molecule has 2 N–H and O–H groups in total. The number of aliphatic carboxylic acids is 1. The quantitative estimate of drug-likeness (QED) is 0.591. The number of amides is 1. The van der Waals surface area contributed by atoms with Crippen LogP contribution in [0.5, 0.6) is 0 Å². The highest BCUT2D eigenvalue weighted by molar-refractivity contribution is 5.96. The van der Waals surface area contributed by atoms with Crippen molar-refractivity contribution in [2.45, 2.75) is 45.6 Å². The van der Waals surface area contributed by atoms with Gasteiger partial charge in [0.2, 0.25) is 0 Å². The number of nitrogens with one attached hydrogen (secondary N) is 1. The normalized spacial score (nSPS) is 27.4. The second-order valence-electron chi connectivity index (χ2n) is 8.27. The average Bonchev–Trinajstić information content (AvgIpc) is 3.08. The number of carboxylic acid groups (broad SMARTS) is 1. The van der Waals surface area contributed by atoms with E-state index >= 15 is 0 Å². The van der Waals surface area contributed by atoms with Gasteiger partial charge in [0.05, 0.1) is 10.8 Å². The zero-order chi connectivity index (χ0) is 20.4. The van der Waals surface area contributed by atoms with E-state index in [2.05, 4.69) is 19.2 Å². The molecule has 1 aromatic rings. The largest absolute Gasteiger partial charge is 0.481 e. The summed E-state index contributed by atoms with van der Waals surface area (Å²) in [4.78, 5) is 37.1. The van der Waals surface area contributed by atoms with Crippen molar-refractivity contribution >= 4 is 23.3 Å². The first kappa shape index (κ1) is 20.1. The van der Waals surface area contributed by atoms with Crippen molar-refractivity contribution in [3.8, 4) is 0 Å². The zero-order valence-electron chi connectivity index (χ0n) is 16.3. The van der Waals surface area contributed by atoms with Crippen molar-refractivity contribution in [2.24, 2.45) is 17.8 Å². The Labute approximate surface area is 164 Å². The topological polar surface area (TPSA) is 113 Å². The molecule has 1 amide bonds. The van der Waals surface area contributed by atoms with E-state index in [-0.39, 0.29) is 11.3 Å². The van der Waals surface area contributed by atoms with Gasteiger partial charge in [0.1, 0.15) is 5.69 Å². The lowest BCUT2D eigenvalue weighted by Gasteiger charge is -2.36. The summed E-state index contributed by atoms with van der Waals surface area (Å²) in [6, 6.07) is 4.10. The number of nitro benzene ring substituents is 1. The van der Waals surface area contributed by atoms with E-state index in [1.54, 1.807) is 12.1 Å². The summed E-state index contributed by atoms with van der Waals surface area (Å²) in [5, 5.41) is 23.7. The van der Waals surface area contributed by atoms with Crippen LogP contribution in [-0.2, 0) is 4.79 Å². The van der Waals surface area contributed by atoms with E-state index in [9.17, 15) is 24.8 Å². The van der Waals surface area contributed by atoms with E-state index in [1.165, 1.54) is 6.07 Å². The fourth-order valence-corrected chi connectivity index (χ4v) is 4.62. The molecule has 4 atom stereocenters. The molecule has 8 heteroatoms.